The monoisotopic (exact) mass is 196 g/mol. The van der Waals surface area contributed by atoms with E-state index in [0.29, 0.717) is 23.7 Å². The number of likely N-dealkylation sites (N-methyl/N-ethyl adjacent to an activating group) is 1. The lowest BCUT2D eigenvalue weighted by Gasteiger charge is -2.21. The molecule has 14 heavy (non-hydrogen) atoms. The molecule has 0 fully saturated rings. The summed E-state index contributed by atoms with van der Waals surface area (Å²) in [5.74, 6) is 0.603. The fourth-order valence-electron chi connectivity index (χ4n) is 1.26. The first-order valence-corrected chi connectivity index (χ1v) is 4.41. The van der Waals surface area contributed by atoms with Crippen molar-refractivity contribution < 1.29 is 5.11 Å². The van der Waals surface area contributed by atoms with Gasteiger partial charge in [-0.1, -0.05) is 0 Å². The van der Waals surface area contributed by atoms with E-state index < -0.39 is 6.10 Å². The van der Waals surface area contributed by atoms with Crippen LogP contribution in [0.25, 0.3) is 0 Å². The number of rotatable bonds is 3. The normalized spacial score (nSPS) is 12.5. The van der Waals surface area contributed by atoms with Crippen molar-refractivity contribution in [3.05, 3.63) is 12.3 Å². The van der Waals surface area contributed by atoms with Gasteiger partial charge in [0.25, 0.3) is 0 Å². The molecule has 1 unspecified atom stereocenters. The smallest absolute Gasteiger partial charge is 0.153 e. The Hall–Kier alpha value is -1.49. The Kier molecular flexibility index (Phi) is 3.14. The lowest BCUT2D eigenvalue weighted by molar-refractivity contribution is 0.201. The summed E-state index contributed by atoms with van der Waals surface area (Å²) < 4.78 is 0. The van der Waals surface area contributed by atoms with Gasteiger partial charge in [-0.05, 0) is 13.0 Å². The maximum Gasteiger partial charge on any atom is 0.153 e. The van der Waals surface area contributed by atoms with Crippen molar-refractivity contribution in [1.82, 2.24) is 4.98 Å². The number of nitrogen functional groups attached to an aromatic ring is 2. The first-order valence-electron chi connectivity index (χ1n) is 4.41. The second-order valence-corrected chi connectivity index (χ2v) is 3.37. The first kappa shape index (κ1) is 10.6. The van der Waals surface area contributed by atoms with Crippen molar-refractivity contribution in [2.45, 2.75) is 13.0 Å². The Morgan fingerprint density at radius 1 is 1.57 bits per heavy atom. The van der Waals surface area contributed by atoms with Crippen molar-refractivity contribution in [2.24, 2.45) is 0 Å². The van der Waals surface area contributed by atoms with E-state index in [0.717, 1.165) is 0 Å². The number of anilines is 3. The first-order chi connectivity index (χ1) is 6.52. The molecule has 0 aromatic carbocycles. The predicted molar refractivity (Wildman–Crippen MR) is 58.0 cm³/mol. The van der Waals surface area contributed by atoms with Gasteiger partial charge in [0.15, 0.2) is 5.82 Å². The average molecular weight is 196 g/mol. The van der Waals surface area contributed by atoms with Gasteiger partial charge in [-0.2, -0.15) is 0 Å². The van der Waals surface area contributed by atoms with E-state index >= 15 is 0 Å². The zero-order valence-electron chi connectivity index (χ0n) is 8.44. The molecule has 0 saturated heterocycles. The molecule has 0 saturated carbocycles. The zero-order valence-corrected chi connectivity index (χ0v) is 8.44. The topological polar surface area (TPSA) is 88.4 Å². The lowest BCUT2D eigenvalue weighted by atomic mass is 10.3. The average Bonchev–Trinajstić information content (AvgIpc) is 2.08. The van der Waals surface area contributed by atoms with Crippen molar-refractivity contribution in [2.75, 3.05) is 30.0 Å². The quantitative estimate of drug-likeness (QED) is 0.636. The van der Waals surface area contributed by atoms with Crippen LogP contribution in [-0.2, 0) is 0 Å². The van der Waals surface area contributed by atoms with E-state index in [9.17, 15) is 5.11 Å². The molecule has 0 radical (unpaired) electrons. The highest BCUT2D eigenvalue weighted by molar-refractivity contribution is 5.75. The molecule has 0 aliphatic heterocycles. The minimum Gasteiger partial charge on any atom is -0.397 e. The third-order valence-corrected chi connectivity index (χ3v) is 1.90. The number of nitrogens with two attached hydrogens (primary N) is 2. The van der Waals surface area contributed by atoms with Gasteiger partial charge in [0, 0.05) is 19.8 Å². The van der Waals surface area contributed by atoms with Crippen LogP contribution >= 0.6 is 0 Å². The van der Waals surface area contributed by atoms with E-state index in [4.69, 9.17) is 11.5 Å². The summed E-state index contributed by atoms with van der Waals surface area (Å²) in [6.45, 7) is 2.18. The van der Waals surface area contributed by atoms with E-state index in [1.54, 1.807) is 24.1 Å². The third-order valence-electron chi connectivity index (χ3n) is 1.90. The fourth-order valence-corrected chi connectivity index (χ4v) is 1.26. The molecule has 1 heterocycles. The lowest BCUT2D eigenvalue weighted by Crippen LogP contribution is -2.28. The molecule has 5 N–H and O–H groups in total. The molecule has 1 aromatic rings. The minimum absolute atomic E-state index is 0.428. The second-order valence-electron chi connectivity index (χ2n) is 3.37. The Morgan fingerprint density at radius 3 is 2.79 bits per heavy atom. The molecule has 1 rings (SSSR count). The summed E-state index contributed by atoms with van der Waals surface area (Å²) in [7, 11) is 1.81. The van der Waals surface area contributed by atoms with Gasteiger partial charge in [-0.15, -0.1) is 0 Å². The van der Waals surface area contributed by atoms with Crippen molar-refractivity contribution >= 4 is 17.2 Å². The molecule has 1 atom stereocenters. The van der Waals surface area contributed by atoms with Crippen LogP contribution in [0.3, 0.4) is 0 Å². The van der Waals surface area contributed by atoms with E-state index in [1.807, 2.05) is 7.05 Å². The largest absolute Gasteiger partial charge is 0.397 e. The number of nitrogens with zero attached hydrogens (tertiary/aromatic N) is 2. The van der Waals surface area contributed by atoms with Crippen LogP contribution < -0.4 is 16.4 Å². The number of aliphatic hydroxyl groups excluding tert-OH is 1. The molecule has 5 heteroatoms. The summed E-state index contributed by atoms with van der Waals surface area (Å²) in [5.41, 5.74) is 12.3. The highest BCUT2D eigenvalue weighted by atomic mass is 16.3. The SMILES string of the molecule is CC(O)CN(C)c1nccc(N)c1N. The molecule has 0 aliphatic carbocycles. The van der Waals surface area contributed by atoms with Crippen LogP contribution in [-0.4, -0.2) is 29.8 Å². The number of aliphatic hydroxyl groups is 1. The minimum atomic E-state index is -0.428. The highest BCUT2D eigenvalue weighted by Crippen LogP contribution is 2.24. The molecular weight excluding hydrogens is 180 g/mol. The maximum absolute atomic E-state index is 9.20. The summed E-state index contributed by atoms with van der Waals surface area (Å²) in [6.07, 6.45) is 1.17. The van der Waals surface area contributed by atoms with E-state index in [-0.39, 0.29) is 0 Å². The second kappa shape index (κ2) is 4.15. The predicted octanol–water partition coefficient (Wildman–Crippen LogP) is 0.0630. The Bertz CT molecular complexity index is 314. The van der Waals surface area contributed by atoms with Gasteiger partial charge in [0.2, 0.25) is 0 Å². The van der Waals surface area contributed by atoms with Crippen molar-refractivity contribution in [3.8, 4) is 0 Å². The van der Waals surface area contributed by atoms with E-state index in [2.05, 4.69) is 4.98 Å². The highest BCUT2D eigenvalue weighted by Gasteiger charge is 2.10. The van der Waals surface area contributed by atoms with Crippen molar-refractivity contribution in [1.29, 1.82) is 0 Å². The molecule has 0 aliphatic rings. The molecule has 0 amide bonds. The molecule has 0 bridgehead atoms. The Balaban J connectivity index is 2.89. The number of pyridine rings is 1. The fraction of sp³-hybridized carbons (Fsp3) is 0.444. The van der Waals surface area contributed by atoms with E-state index in [1.165, 1.54) is 0 Å². The molecule has 0 spiro atoms. The summed E-state index contributed by atoms with van der Waals surface area (Å²) in [5, 5.41) is 9.20. The van der Waals surface area contributed by atoms with Crippen LogP contribution in [0.15, 0.2) is 12.3 Å². The van der Waals surface area contributed by atoms with Crippen LogP contribution in [0.5, 0.6) is 0 Å². The molecular formula is C9H16N4O. The number of hydrogen-bond acceptors (Lipinski definition) is 5. The molecule has 78 valence electrons. The Morgan fingerprint density at radius 2 is 2.21 bits per heavy atom. The van der Waals surface area contributed by atoms with Gasteiger partial charge >= 0.3 is 0 Å². The van der Waals surface area contributed by atoms with Gasteiger partial charge in [-0.25, -0.2) is 4.98 Å². The summed E-state index contributed by atoms with van der Waals surface area (Å²) in [6, 6.07) is 1.65. The standard InChI is InChI=1S/C9H16N4O/c1-6(14)5-13(2)9-8(11)7(10)3-4-12-9/h3-4,6,14H,5,11H2,1-2H3,(H2,10,12). The number of hydrogen-bond donors (Lipinski definition) is 3. The number of aromatic nitrogens is 1. The third kappa shape index (κ3) is 2.26. The van der Waals surface area contributed by atoms with Gasteiger partial charge in [0.05, 0.1) is 17.5 Å². The van der Waals surface area contributed by atoms with Gasteiger partial charge < -0.3 is 21.5 Å². The Labute approximate surface area is 83.3 Å². The maximum atomic E-state index is 9.20. The molecule has 1 aromatic heterocycles. The van der Waals surface area contributed by atoms with Crippen LogP contribution in [0, 0.1) is 0 Å². The van der Waals surface area contributed by atoms with Crippen molar-refractivity contribution in [3.63, 3.8) is 0 Å². The van der Waals surface area contributed by atoms with Crippen LogP contribution in [0.4, 0.5) is 17.2 Å². The molecule has 5 nitrogen and oxygen atoms in total. The van der Waals surface area contributed by atoms with Crippen LogP contribution in [0.2, 0.25) is 0 Å². The zero-order chi connectivity index (χ0) is 10.7. The summed E-state index contributed by atoms with van der Waals surface area (Å²) >= 11 is 0. The van der Waals surface area contributed by atoms with Gasteiger partial charge in [0.1, 0.15) is 0 Å². The summed E-state index contributed by atoms with van der Waals surface area (Å²) in [4.78, 5) is 5.88. The van der Waals surface area contributed by atoms with Gasteiger partial charge in [-0.3, -0.25) is 0 Å². The van der Waals surface area contributed by atoms with Crippen LogP contribution in [0.1, 0.15) is 6.92 Å².